The number of anilines is 1. The van der Waals surface area contributed by atoms with Gasteiger partial charge in [-0.1, -0.05) is 18.2 Å². The minimum absolute atomic E-state index is 0.0733. The summed E-state index contributed by atoms with van der Waals surface area (Å²) in [7, 11) is 1.61. The summed E-state index contributed by atoms with van der Waals surface area (Å²) in [5, 5.41) is 7.09. The number of aromatic nitrogens is 2. The highest BCUT2D eigenvalue weighted by atomic mass is 16.5. The number of methoxy groups -OCH3 is 1. The van der Waals surface area contributed by atoms with Gasteiger partial charge in [-0.05, 0) is 42.0 Å². The second-order valence-corrected chi connectivity index (χ2v) is 5.08. The van der Waals surface area contributed by atoms with E-state index in [4.69, 9.17) is 4.74 Å². The van der Waals surface area contributed by atoms with Crippen molar-refractivity contribution in [1.82, 2.24) is 9.78 Å². The lowest BCUT2D eigenvalue weighted by Gasteiger charge is -2.08. The quantitative estimate of drug-likeness (QED) is 0.788. The van der Waals surface area contributed by atoms with Gasteiger partial charge in [-0.3, -0.25) is 4.79 Å². The van der Waals surface area contributed by atoms with Crippen LogP contribution < -0.4 is 10.1 Å². The van der Waals surface area contributed by atoms with Crippen molar-refractivity contribution in [2.75, 3.05) is 12.4 Å². The van der Waals surface area contributed by atoms with Crippen molar-refractivity contribution in [3.8, 4) is 11.4 Å². The van der Waals surface area contributed by atoms with Crippen LogP contribution in [0.1, 0.15) is 5.56 Å². The predicted molar refractivity (Wildman–Crippen MR) is 88.9 cm³/mol. The van der Waals surface area contributed by atoms with Crippen LogP contribution in [-0.2, 0) is 11.2 Å². The second-order valence-electron chi connectivity index (χ2n) is 5.08. The molecule has 3 rings (SSSR count). The first-order valence-electron chi connectivity index (χ1n) is 7.27. The third-order valence-corrected chi connectivity index (χ3v) is 3.40. The van der Waals surface area contributed by atoms with Crippen molar-refractivity contribution >= 4 is 11.6 Å². The zero-order valence-electron chi connectivity index (χ0n) is 12.8. The molecule has 2 aromatic carbocycles. The highest BCUT2D eigenvalue weighted by molar-refractivity contribution is 5.92. The van der Waals surface area contributed by atoms with E-state index in [9.17, 15) is 4.79 Å². The Bertz CT molecular complexity index is 798. The number of hydrogen-bond acceptors (Lipinski definition) is 3. The van der Waals surface area contributed by atoms with Gasteiger partial charge in [0.05, 0.1) is 19.2 Å². The summed E-state index contributed by atoms with van der Waals surface area (Å²) in [5.41, 5.74) is 2.55. The fourth-order valence-corrected chi connectivity index (χ4v) is 2.32. The molecule has 3 aromatic rings. The first-order valence-corrected chi connectivity index (χ1v) is 7.27. The van der Waals surface area contributed by atoms with Crippen LogP contribution in [0.5, 0.6) is 5.75 Å². The summed E-state index contributed by atoms with van der Waals surface area (Å²) in [4.78, 5) is 12.2. The fourth-order valence-electron chi connectivity index (χ4n) is 2.32. The zero-order valence-corrected chi connectivity index (χ0v) is 12.8. The van der Waals surface area contributed by atoms with E-state index in [1.54, 1.807) is 18.0 Å². The Kier molecular flexibility index (Phi) is 4.38. The van der Waals surface area contributed by atoms with Gasteiger partial charge in [0.2, 0.25) is 5.91 Å². The van der Waals surface area contributed by atoms with Crippen molar-refractivity contribution in [1.29, 1.82) is 0 Å². The maximum absolute atomic E-state index is 12.2. The first-order chi connectivity index (χ1) is 11.2. The number of amides is 1. The number of nitrogens with one attached hydrogen (secondary N) is 1. The highest BCUT2D eigenvalue weighted by Gasteiger charge is 2.06. The van der Waals surface area contributed by atoms with Crippen LogP contribution in [0, 0.1) is 0 Å². The molecule has 0 aliphatic rings. The Hall–Kier alpha value is -3.08. The molecule has 5 heteroatoms. The molecule has 0 unspecified atom stereocenters. The summed E-state index contributed by atoms with van der Waals surface area (Å²) in [6.45, 7) is 0. The normalized spacial score (nSPS) is 10.3. The molecule has 0 atom stereocenters. The van der Waals surface area contributed by atoms with Gasteiger partial charge in [-0.2, -0.15) is 5.10 Å². The van der Waals surface area contributed by atoms with Crippen molar-refractivity contribution < 1.29 is 9.53 Å². The minimum atomic E-state index is -0.0733. The number of rotatable bonds is 5. The maximum Gasteiger partial charge on any atom is 0.228 e. The van der Waals surface area contributed by atoms with Crippen LogP contribution in [0.2, 0.25) is 0 Å². The second kappa shape index (κ2) is 6.79. The minimum Gasteiger partial charge on any atom is -0.497 e. The molecule has 1 heterocycles. The molecule has 116 valence electrons. The molecule has 0 aliphatic heterocycles. The van der Waals surface area contributed by atoms with Gasteiger partial charge < -0.3 is 10.1 Å². The Morgan fingerprint density at radius 2 is 2.04 bits per heavy atom. The molecule has 0 bridgehead atoms. The smallest absolute Gasteiger partial charge is 0.228 e. The molecule has 0 radical (unpaired) electrons. The molecule has 23 heavy (non-hydrogen) atoms. The summed E-state index contributed by atoms with van der Waals surface area (Å²) in [5.74, 6) is 0.673. The van der Waals surface area contributed by atoms with E-state index in [0.29, 0.717) is 6.42 Å². The Morgan fingerprint density at radius 1 is 1.17 bits per heavy atom. The van der Waals surface area contributed by atoms with E-state index in [-0.39, 0.29) is 5.91 Å². The number of ether oxygens (including phenoxy) is 1. The van der Waals surface area contributed by atoms with E-state index < -0.39 is 0 Å². The Morgan fingerprint density at radius 3 is 2.83 bits per heavy atom. The van der Waals surface area contributed by atoms with Gasteiger partial charge >= 0.3 is 0 Å². The molecule has 0 spiro atoms. The molecule has 0 aliphatic carbocycles. The number of carbonyl (C=O) groups excluding carboxylic acids is 1. The molecular weight excluding hydrogens is 290 g/mol. The van der Waals surface area contributed by atoms with Crippen LogP contribution in [0.3, 0.4) is 0 Å². The third kappa shape index (κ3) is 3.77. The Labute approximate surface area is 134 Å². The lowest BCUT2D eigenvalue weighted by Crippen LogP contribution is -2.14. The van der Waals surface area contributed by atoms with Gasteiger partial charge in [0.15, 0.2) is 0 Å². The van der Waals surface area contributed by atoms with Gasteiger partial charge in [0.25, 0.3) is 0 Å². The largest absolute Gasteiger partial charge is 0.497 e. The highest BCUT2D eigenvalue weighted by Crippen LogP contribution is 2.16. The number of benzene rings is 2. The molecule has 1 aromatic heterocycles. The monoisotopic (exact) mass is 307 g/mol. The molecule has 1 N–H and O–H groups in total. The van der Waals surface area contributed by atoms with Crippen molar-refractivity contribution in [3.63, 3.8) is 0 Å². The fraction of sp³-hybridized carbons (Fsp3) is 0.111. The zero-order chi connectivity index (χ0) is 16.1. The van der Waals surface area contributed by atoms with Gasteiger partial charge in [-0.25, -0.2) is 4.68 Å². The molecule has 0 fully saturated rings. The average Bonchev–Trinajstić information content (AvgIpc) is 3.09. The van der Waals surface area contributed by atoms with Crippen LogP contribution in [0.25, 0.3) is 5.69 Å². The van der Waals surface area contributed by atoms with Crippen molar-refractivity contribution in [3.05, 3.63) is 72.6 Å². The maximum atomic E-state index is 12.2. The summed E-state index contributed by atoms with van der Waals surface area (Å²) in [6.07, 6.45) is 3.87. The Balaban J connectivity index is 1.69. The standard InChI is InChI=1S/C18H17N3O2/c1-23-17-8-2-5-14(11-17)12-18(22)20-15-6-3-7-16(13-15)21-10-4-9-19-21/h2-11,13H,12H2,1H3,(H,20,22). The predicted octanol–water partition coefficient (Wildman–Crippen LogP) is 3.06. The summed E-state index contributed by atoms with van der Waals surface area (Å²) < 4.78 is 6.92. The summed E-state index contributed by atoms with van der Waals surface area (Å²) >= 11 is 0. The molecule has 5 nitrogen and oxygen atoms in total. The SMILES string of the molecule is COc1cccc(CC(=O)Nc2cccc(-n3cccn3)c2)c1. The van der Waals surface area contributed by atoms with E-state index in [1.165, 1.54) is 0 Å². The molecular formula is C18H17N3O2. The number of hydrogen-bond donors (Lipinski definition) is 1. The van der Waals surface area contributed by atoms with E-state index >= 15 is 0 Å². The van der Waals surface area contributed by atoms with E-state index in [2.05, 4.69) is 10.4 Å². The van der Waals surface area contributed by atoms with Crippen LogP contribution in [0.15, 0.2) is 67.0 Å². The van der Waals surface area contributed by atoms with Crippen LogP contribution in [0.4, 0.5) is 5.69 Å². The number of carbonyl (C=O) groups is 1. The van der Waals surface area contributed by atoms with Crippen molar-refractivity contribution in [2.24, 2.45) is 0 Å². The van der Waals surface area contributed by atoms with Crippen LogP contribution in [-0.4, -0.2) is 22.8 Å². The van der Waals surface area contributed by atoms with Gasteiger partial charge in [0, 0.05) is 18.1 Å². The van der Waals surface area contributed by atoms with Gasteiger partial charge in [-0.15, -0.1) is 0 Å². The van der Waals surface area contributed by atoms with Crippen molar-refractivity contribution in [2.45, 2.75) is 6.42 Å². The summed E-state index contributed by atoms with van der Waals surface area (Å²) in [6, 6.07) is 16.9. The average molecular weight is 307 g/mol. The van der Waals surface area contributed by atoms with E-state index in [0.717, 1.165) is 22.7 Å². The number of nitrogens with zero attached hydrogens (tertiary/aromatic N) is 2. The topological polar surface area (TPSA) is 56.1 Å². The molecule has 0 saturated heterocycles. The van der Waals surface area contributed by atoms with Gasteiger partial charge in [0.1, 0.15) is 5.75 Å². The van der Waals surface area contributed by atoms with Crippen LogP contribution >= 0.6 is 0 Å². The van der Waals surface area contributed by atoms with E-state index in [1.807, 2.05) is 60.8 Å². The first kappa shape index (κ1) is 14.8. The lowest BCUT2D eigenvalue weighted by atomic mass is 10.1. The molecule has 1 amide bonds. The molecule has 0 saturated carbocycles. The lowest BCUT2D eigenvalue weighted by molar-refractivity contribution is -0.115. The third-order valence-electron chi connectivity index (χ3n) is 3.40.